The first kappa shape index (κ1) is 18.4. The van der Waals surface area contributed by atoms with Crippen LogP contribution in [-0.4, -0.2) is 27.8 Å². The molecular formula is C17H16F3NO4S. The predicted octanol–water partition coefficient (Wildman–Crippen LogP) is 3.75. The molecule has 0 bridgehead atoms. The molecule has 0 saturated heterocycles. The lowest BCUT2D eigenvalue weighted by Gasteiger charge is -2.18. The van der Waals surface area contributed by atoms with E-state index < -0.39 is 22.8 Å². The Morgan fingerprint density at radius 1 is 1.15 bits per heavy atom. The third-order valence-corrected chi connectivity index (χ3v) is 5.08. The second kappa shape index (κ2) is 7.06. The summed E-state index contributed by atoms with van der Waals surface area (Å²) in [4.78, 5) is 0.00683. The van der Waals surface area contributed by atoms with E-state index >= 15 is 0 Å². The summed E-state index contributed by atoms with van der Waals surface area (Å²) < 4.78 is 74.7. The van der Waals surface area contributed by atoms with Crippen molar-refractivity contribution in [2.45, 2.75) is 23.9 Å². The van der Waals surface area contributed by atoms with Crippen LogP contribution in [0.25, 0.3) is 0 Å². The third kappa shape index (κ3) is 4.40. The van der Waals surface area contributed by atoms with E-state index in [0.717, 1.165) is 12.0 Å². The maximum Gasteiger partial charge on any atom is 0.422 e. The van der Waals surface area contributed by atoms with Gasteiger partial charge in [-0.3, -0.25) is 4.72 Å². The summed E-state index contributed by atoms with van der Waals surface area (Å²) in [7, 11) is -3.99. The first-order chi connectivity index (χ1) is 12.2. The minimum atomic E-state index is -4.52. The molecule has 1 heterocycles. The summed E-state index contributed by atoms with van der Waals surface area (Å²) >= 11 is 0. The van der Waals surface area contributed by atoms with E-state index in [1.807, 2.05) is 0 Å². The number of hydrogen-bond acceptors (Lipinski definition) is 4. The molecule has 0 atom stereocenters. The van der Waals surface area contributed by atoms with E-state index in [2.05, 4.69) is 4.72 Å². The molecule has 26 heavy (non-hydrogen) atoms. The van der Waals surface area contributed by atoms with Gasteiger partial charge in [0.15, 0.2) is 6.61 Å². The van der Waals surface area contributed by atoms with E-state index in [0.29, 0.717) is 18.8 Å². The molecule has 1 N–H and O–H groups in total. The normalized spacial score (nSPS) is 14.3. The van der Waals surface area contributed by atoms with Crippen LogP contribution in [0.1, 0.15) is 12.0 Å². The standard InChI is InChI=1S/C17H16F3NO4S/c18-17(19,20)11-25-16-6-2-1-5-14(16)21-26(22,23)13-7-8-15-12(10-13)4-3-9-24-15/h1-2,5-8,10,21H,3-4,9,11H2. The molecule has 0 aliphatic carbocycles. The fourth-order valence-electron chi connectivity index (χ4n) is 2.54. The fourth-order valence-corrected chi connectivity index (χ4v) is 3.66. The van der Waals surface area contributed by atoms with E-state index in [9.17, 15) is 21.6 Å². The molecule has 1 aliphatic rings. The predicted molar refractivity (Wildman–Crippen MR) is 89.1 cm³/mol. The maximum absolute atomic E-state index is 12.6. The van der Waals surface area contributed by atoms with E-state index in [4.69, 9.17) is 9.47 Å². The zero-order chi connectivity index (χ0) is 18.8. The Bertz CT molecular complexity index is 897. The molecule has 0 unspecified atom stereocenters. The van der Waals surface area contributed by atoms with Crippen molar-refractivity contribution in [1.29, 1.82) is 0 Å². The molecule has 0 radical (unpaired) electrons. The lowest BCUT2D eigenvalue weighted by Crippen LogP contribution is -2.20. The number of para-hydroxylation sites is 2. The molecule has 0 saturated carbocycles. The molecule has 1 aliphatic heterocycles. The number of aryl methyl sites for hydroxylation is 1. The molecule has 0 amide bonds. The average Bonchev–Trinajstić information content (AvgIpc) is 2.59. The summed E-state index contributed by atoms with van der Waals surface area (Å²) in [6, 6.07) is 10.0. The van der Waals surface area contributed by atoms with Crippen LogP contribution >= 0.6 is 0 Å². The van der Waals surface area contributed by atoms with Crippen LogP contribution in [0, 0.1) is 0 Å². The molecule has 3 rings (SSSR count). The largest absolute Gasteiger partial charge is 0.493 e. The van der Waals surface area contributed by atoms with Crippen molar-refractivity contribution in [3.8, 4) is 11.5 Å². The number of alkyl halides is 3. The van der Waals surface area contributed by atoms with Crippen molar-refractivity contribution in [3.05, 3.63) is 48.0 Å². The second-order valence-corrected chi connectivity index (χ2v) is 7.41. The summed E-state index contributed by atoms with van der Waals surface area (Å²) in [5.41, 5.74) is 0.714. The first-order valence-corrected chi connectivity index (χ1v) is 9.30. The quantitative estimate of drug-likeness (QED) is 0.849. The average molecular weight is 387 g/mol. The Kier molecular flexibility index (Phi) is 4.99. The number of halogens is 3. The number of rotatable bonds is 5. The van der Waals surface area contributed by atoms with Crippen LogP contribution < -0.4 is 14.2 Å². The maximum atomic E-state index is 12.6. The van der Waals surface area contributed by atoms with E-state index in [-0.39, 0.29) is 16.3 Å². The van der Waals surface area contributed by atoms with Gasteiger partial charge in [0.1, 0.15) is 11.5 Å². The number of benzene rings is 2. The zero-order valence-electron chi connectivity index (χ0n) is 13.5. The Hall–Kier alpha value is -2.42. The van der Waals surface area contributed by atoms with Gasteiger partial charge < -0.3 is 9.47 Å². The second-order valence-electron chi connectivity index (χ2n) is 5.73. The van der Waals surface area contributed by atoms with E-state index in [1.54, 1.807) is 6.07 Å². The number of anilines is 1. The summed E-state index contributed by atoms with van der Waals surface area (Å²) in [5.74, 6) is 0.443. The Balaban J connectivity index is 1.84. The molecular weight excluding hydrogens is 371 g/mol. The van der Waals surface area contributed by atoms with Crippen molar-refractivity contribution >= 4 is 15.7 Å². The van der Waals surface area contributed by atoms with Gasteiger partial charge in [-0.2, -0.15) is 13.2 Å². The van der Waals surface area contributed by atoms with Crippen LogP contribution in [-0.2, 0) is 16.4 Å². The highest BCUT2D eigenvalue weighted by Crippen LogP contribution is 2.31. The van der Waals surface area contributed by atoms with Gasteiger partial charge in [0, 0.05) is 0 Å². The van der Waals surface area contributed by atoms with E-state index in [1.165, 1.54) is 36.4 Å². The smallest absolute Gasteiger partial charge is 0.422 e. The van der Waals surface area contributed by atoms with Gasteiger partial charge in [-0.25, -0.2) is 8.42 Å². The molecule has 0 aromatic heterocycles. The number of ether oxygens (including phenoxy) is 2. The molecule has 9 heteroatoms. The van der Waals surface area contributed by atoms with Gasteiger partial charge in [-0.1, -0.05) is 12.1 Å². The minimum Gasteiger partial charge on any atom is -0.493 e. The van der Waals surface area contributed by atoms with Crippen molar-refractivity contribution in [1.82, 2.24) is 0 Å². The highest BCUT2D eigenvalue weighted by atomic mass is 32.2. The van der Waals surface area contributed by atoms with Gasteiger partial charge in [-0.05, 0) is 48.7 Å². The monoisotopic (exact) mass is 387 g/mol. The molecule has 2 aromatic rings. The summed E-state index contributed by atoms with van der Waals surface area (Å²) in [6.07, 6.45) is -3.04. The summed E-state index contributed by atoms with van der Waals surface area (Å²) in [5, 5.41) is 0. The van der Waals surface area contributed by atoms with Gasteiger partial charge in [-0.15, -0.1) is 0 Å². The first-order valence-electron chi connectivity index (χ1n) is 7.82. The lowest BCUT2D eigenvalue weighted by molar-refractivity contribution is -0.153. The Morgan fingerprint density at radius 2 is 1.92 bits per heavy atom. The SMILES string of the molecule is O=S(=O)(Nc1ccccc1OCC(F)(F)F)c1ccc2c(c1)CCCO2. The molecule has 2 aromatic carbocycles. The van der Waals surface area contributed by atoms with Crippen molar-refractivity contribution in [2.75, 3.05) is 17.9 Å². The molecule has 5 nitrogen and oxygen atoms in total. The number of hydrogen-bond donors (Lipinski definition) is 1. The van der Waals surface area contributed by atoms with Crippen LogP contribution in [0.15, 0.2) is 47.4 Å². The summed E-state index contributed by atoms with van der Waals surface area (Å²) in [6.45, 7) is -0.927. The van der Waals surface area contributed by atoms with Crippen molar-refractivity contribution in [2.24, 2.45) is 0 Å². The number of sulfonamides is 1. The van der Waals surface area contributed by atoms with Gasteiger partial charge in [0.2, 0.25) is 0 Å². The van der Waals surface area contributed by atoms with Crippen LogP contribution in [0.4, 0.5) is 18.9 Å². The third-order valence-electron chi connectivity index (χ3n) is 3.71. The Labute approximate surface area is 148 Å². The topological polar surface area (TPSA) is 64.6 Å². The fraction of sp³-hybridized carbons (Fsp3) is 0.294. The number of nitrogens with one attached hydrogen (secondary N) is 1. The van der Waals surface area contributed by atoms with Crippen LogP contribution in [0.2, 0.25) is 0 Å². The minimum absolute atomic E-state index is 0.00683. The van der Waals surface area contributed by atoms with Crippen LogP contribution in [0.3, 0.4) is 0 Å². The molecule has 140 valence electrons. The van der Waals surface area contributed by atoms with Gasteiger partial charge >= 0.3 is 6.18 Å². The highest BCUT2D eigenvalue weighted by molar-refractivity contribution is 7.92. The van der Waals surface area contributed by atoms with Gasteiger partial charge in [0.25, 0.3) is 10.0 Å². The number of fused-ring (bicyclic) bond motifs is 1. The highest BCUT2D eigenvalue weighted by Gasteiger charge is 2.29. The Morgan fingerprint density at radius 3 is 2.69 bits per heavy atom. The van der Waals surface area contributed by atoms with Crippen LogP contribution in [0.5, 0.6) is 11.5 Å². The zero-order valence-corrected chi connectivity index (χ0v) is 14.4. The molecule has 0 spiro atoms. The van der Waals surface area contributed by atoms with Crippen molar-refractivity contribution in [3.63, 3.8) is 0 Å². The van der Waals surface area contributed by atoms with Crippen molar-refractivity contribution < 1.29 is 31.1 Å². The lowest BCUT2D eigenvalue weighted by atomic mass is 10.1. The van der Waals surface area contributed by atoms with Gasteiger partial charge in [0.05, 0.1) is 17.2 Å². The molecule has 0 fully saturated rings.